The fourth-order valence-electron chi connectivity index (χ4n) is 3.46. The van der Waals surface area contributed by atoms with Crippen LogP contribution in [0.5, 0.6) is 0 Å². The van der Waals surface area contributed by atoms with Gasteiger partial charge in [0.2, 0.25) is 0 Å². The predicted octanol–water partition coefficient (Wildman–Crippen LogP) is 2.53. The van der Waals surface area contributed by atoms with Crippen molar-refractivity contribution in [3.63, 3.8) is 0 Å². The highest BCUT2D eigenvalue weighted by Crippen LogP contribution is 2.22. The average Bonchev–Trinajstić information content (AvgIpc) is 3.12. The van der Waals surface area contributed by atoms with Gasteiger partial charge in [0.15, 0.2) is 0 Å². The van der Waals surface area contributed by atoms with E-state index < -0.39 is 0 Å². The zero-order valence-corrected chi connectivity index (χ0v) is 15.6. The summed E-state index contributed by atoms with van der Waals surface area (Å²) in [5, 5.41) is 5.91. The van der Waals surface area contributed by atoms with E-state index >= 15 is 0 Å². The van der Waals surface area contributed by atoms with Crippen LogP contribution < -0.4 is 10.6 Å². The molecule has 1 rings (SSSR count). The van der Waals surface area contributed by atoms with Crippen LogP contribution in [0.2, 0.25) is 0 Å². The minimum absolute atomic E-state index is 0.108. The monoisotopic (exact) mass is 341 g/mol. The standard InChI is InChI=1S/C18H35N3O3/c1-4-15(5-2)16(21-12-8-9-13-21)14-20-18(23)19-11-7-6-10-17(22)24-3/h15-16H,4-14H2,1-3H3,(H2,19,20,23). The molecule has 0 aromatic carbocycles. The van der Waals surface area contributed by atoms with Gasteiger partial charge in [-0.3, -0.25) is 9.69 Å². The van der Waals surface area contributed by atoms with Crippen LogP contribution in [0.4, 0.5) is 4.79 Å². The molecule has 1 aliphatic rings. The second-order valence-electron chi connectivity index (χ2n) is 6.56. The van der Waals surface area contributed by atoms with Crippen LogP contribution in [0, 0.1) is 5.92 Å². The van der Waals surface area contributed by atoms with E-state index in [-0.39, 0.29) is 12.0 Å². The summed E-state index contributed by atoms with van der Waals surface area (Å²) in [5.74, 6) is 0.432. The van der Waals surface area contributed by atoms with Gasteiger partial charge in [-0.05, 0) is 44.7 Å². The average molecular weight is 341 g/mol. The molecule has 1 saturated heterocycles. The van der Waals surface area contributed by atoms with Gasteiger partial charge >= 0.3 is 12.0 Å². The van der Waals surface area contributed by atoms with Crippen molar-refractivity contribution in [3.8, 4) is 0 Å². The molecule has 1 heterocycles. The zero-order chi connectivity index (χ0) is 17.8. The molecular formula is C18H35N3O3. The van der Waals surface area contributed by atoms with E-state index in [2.05, 4.69) is 34.1 Å². The summed E-state index contributed by atoms with van der Waals surface area (Å²) in [6, 6.07) is 0.329. The van der Waals surface area contributed by atoms with Gasteiger partial charge < -0.3 is 15.4 Å². The molecule has 1 atom stereocenters. The number of ether oxygens (including phenoxy) is 1. The lowest BCUT2D eigenvalue weighted by molar-refractivity contribution is -0.140. The number of rotatable bonds is 11. The van der Waals surface area contributed by atoms with Gasteiger partial charge in [0.25, 0.3) is 0 Å². The Morgan fingerprint density at radius 1 is 1.08 bits per heavy atom. The zero-order valence-electron chi connectivity index (χ0n) is 15.6. The smallest absolute Gasteiger partial charge is 0.314 e. The SMILES string of the molecule is CCC(CC)C(CNC(=O)NCCCCC(=O)OC)N1CCCC1. The summed E-state index contributed by atoms with van der Waals surface area (Å²) in [4.78, 5) is 25.5. The van der Waals surface area contributed by atoms with Crippen molar-refractivity contribution in [2.45, 2.75) is 64.8 Å². The van der Waals surface area contributed by atoms with Crippen LogP contribution in [0.1, 0.15) is 58.8 Å². The Kier molecular flexibility index (Phi) is 10.5. The molecule has 6 heteroatoms. The van der Waals surface area contributed by atoms with E-state index in [1.165, 1.54) is 20.0 Å². The Morgan fingerprint density at radius 3 is 2.33 bits per heavy atom. The maximum atomic E-state index is 12.0. The molecule has 1 unspecified atom stereocenters. The third-order valence-electron chi connectivity index (χ3n) is 5.00. The third-order valence-corrected chi connectivity index (χ3v) is 5.00. The third kappa shape index (κ3) is 7.51. The number of likely N-dealkylation sites (tertiary alicyclic amines) is 1. The lowest BCUT2D eigenvalue weighted by Crippen LogP contribution is -2.49. The fraction of sp³-hybridized carbons (Fsp3) is 0.889. The quantitative estimate of drug-likeness (QED) is 0.447. The van der Waals surface area contributed by atoms with Crippen LogP contribution in [0.15, 0.2) is 0 Å². The minimum atomic E-state index is -0.196. The van der Waals surface area contributed by atoms with E-state index in [1.807, 2.05) is 0 Å². The molecule has 0 bridgehead atoms. The first kappa shape index (κ1) is 20.7. The molecule has 0 aromatic heterocycles. The van der Waals surface area contributed by atoms with E-state index in [0.29, 0.717) is 31.5 Å². The molecule has 140 valence electrons. The number of methoxy groups -OCH3 is 1. The second kappa shape index (κ2) is 12.1. The Morgan fingerprint density at radius 2 is 1.75 bits per heavy atom. The highest BCUT2D eigenvalue weighted by atomic mass is 16.5. The second-order valence-corrected chi connectivity index (χ2v) is 6.56. The number of nitrogens with zero attached hydrogens (tertiary/aromatic N) is 1. The van der Waals surface area contributed by atoms with E-state index in [4.69, 9.17) is 0 Å². The molecule has 1 aliphatic heterocycles. The van der Waals surface area contributed by atoms with Crippen molar-refractivity contribution in [1.29, 1.82) is 0 Å². The lowest BCUT2D eigenvalue weighted by Gasteiger charge is -2.33. The molecule has 0 spiro atoms. The topological polar surface area (TPSA) is 70.7 Å². The number of carbonyl (C=O) groups is 2. The number of esters is 1. The van der Waals surface area contributed by atoms with Crippen molar-refractivity contribution in [1.82, 2.24) is 15.5 Å². The van der Waals surface area contributed by atoms with Crippen molar-refractivity contribution < 1.29 is 14.3 Å². The molecular weight excluding hydrogens is 306 g/mol. The summed E-state index contributed by atoms with van der Waals surface area (Å²) < 4.78 is 4.59. The van der Waals surface area contributed by atoms with Gasteiger partial charge in [0.1, 0.15) is 0 Å². The lowest BCUT2D eigenvalue weighted by atomic mass is 9.93. The predicted molar refractivity (Wildman–Crippen MR) is 95.9 cm³/mol. The van der Waals surface area contributed by atoms with Crippen molar-refractivity contribution in [2.75, 3.05) is 33.3 Å². The van der Waals surface area contributed by atoms with Gasteiger partial charge in [-0.25, -0.2) is 4.79 Å². The number of hydrogen-bond donors (Lipinski definition) is 2. The van der Waals surface area contributed by atoms with Gasteiger partial charge in [0.05, 0.1) is 7.11 Å². The number of nitrogens with one attached hydrogen (secondary N) is 2. The molecule has 24 heavy (non-hydrogen) atoms. The maximum Gasteiger partial charge on any atom is 0.314 e. The maximum absolute atomic E-state index is 12.0. The Labute approximate surface area is 146 Å². The first-order valence-electron chi connectivity index (χ1n) is 9.44. The number of hydrogen-bond acceptors (Lipinski definition) is 4. The fourth-order valence-corrected chi connectivity index (χ4v) is 3.46. The number of unbranched alkanes of at least 4 members (excludes halogenated alkanes) is 1. The van der Waals surface area contributed by atoms with E-state index in [1.54, 1.807) is 0 Å². The highest BCUT2D eigenvalue weighted by Gasteiger charge is 2.27. The molecule has 1 fully saturated rings. The van der Waals surface area contributed by atoms with E-state index in [0.717, 1.165) is 38.8 Å². The largest absolute Gasteiger partial charge is 0.469 e. The van der Waals surface area contributed by atoms with Crippen molar-refractivity contribution >= 4 is 12.0 Å². The Hall–Kier alpha value is -1.30. The molecule has 0 saturated carbocycles. The van der Waals surface area contributed by atoms with Crippen LogP contribution in [-0.4, -0.2) is 56.2 Å². The number of amides is 2. The molecule has 2 amide bonds. The molecule has 2 N–H and O–H groups in total. The van der Waals surface area contributed by atoms with Crippen molar-refractivity contribution in [3.05, 3.63) is 0 Å². The minimum Gasteiger partial charge on any atom is -0.469 e. The van der Waals surface area contributed by atoms with Crippen molar-refractivity contribution in [2.24, 2.45) is 5.92 Å². The molecule has 0 aromatic rings. The summed E-state index contributed by atoms with van der Waals surface area (Å²) in [7, 11) is 1.39. The van der Waals surface area contributed by atoms with Gasteiger partial charge in [-0.2, -0.15) is 0 Å². The summed E-state index contributed by atoms with van der Waals surface area (Å²) >= 11 is 0. The normalized spacial score (nSPS) is 16.2. The van der Waals surface area contributed by atoms with Gasteiger partial charge in [-0.1, -0.05) is 26.7 Å². The summed E-state index contributed by atoms with van der Waals surface area (Å²) in [6.45, 7) is 8.07. The van der Waals surface area contributed by atoms with Crippen LogP contribution in [0.3, 0.4) is 0 Å². The summed E-state index contributed by atoms with van der Waals surface area (Å²) in [5.41, 5.74) is 0. The first-order chi connectivity index (χ1) is 11.6. The van der Waals surface area contributed by atoms with Crippen LogP contribution >= 0.6 is 0 Å². The molecule has 6 nitrogen and oxygen atoms in total. The van der Waals surface area contributed by atoms with Crippen LogP contribution in [-0.2, 0) is 9.53 Å². The molecule has 0 radical (unpaired) electrons. The van der Waals surface area contributed by atoms with E-state index in [9.17, 15) is 9.59 Å². The first-order valence-corrected chi connectivity index (χ1v) is 9.44. The van der Waals surface area contributed by atoms with Crippen LogP contribution in [0.25, 0.3) is 0 Å². The summed E-state index contributed by atoms with van der Waals surface area (Å²) in [6.07, 6.45) is 6.75. The number of carbonyl (C=O) groups excluding carboxylic acids is 2. The van der Waals surface area contributed by atoms with Gasteiger partial charge in [-0.15, -0.1) is 0 Å². The molecule has 0 aliphatic carbocycles. The number of urea groups is 1. The highest BCUT2D eigenvalue weighted by molar-refractivity contribution is 5.73. The van der Waals surface area contributed by atoms with Gasteiger partial charge in [0, 0.05) is 25.6 Å². The Balaban J connectivity index is 2.27. The Bertz CT molecular complexity index is 365.